The maximum atomic E-state index is 13.1. The van der Waals surface area contributed by atoms with Crippen molar-refractivity contribution in [3.05, 3.63) is 41.5 Å². The van der Waals surface area contributed by atoms with Crippen LogP contribution in [-0.4, -0.2) is 55.9 Å². The molecule has 0 spiro atoms. The van der Waals surface area contributed by atoms with E-state index in [1.165, 1.54) is 12.1 Å². The van der Waals surface area contributed by atoms with Crippen LogP contribution in [-0.2, 0) is 21.0 Å². The average molecular weight is 393 g/mol. The SMILES string of the molecule is COCCc1noc(C2CCCCN2C(=O)c2cccc(S(C)(=O)=O)c2)n1. The summed E-state index contributed by atoms with van der Waals surface area (Å²) in [6.45, 7) is 1.05. The molecular formula is C18H23N3O5S. The number of methoxy groups -OCH3 is 1. The first kappa shape index (κ1) is 19.5. The number of ether oxygens (including phenoxy) is 1. The predicted molar refractivity (Wildman–Crippen MR) is 97.1 cm³/mol. The lowest BCUT2D eigenvalue weighted by Crippen LogP contribution is -2.38. The molecule has 2 heterocycles. The smallest absolute Gasteiger partial charge is 0.254 e. The van der Waals surface area contributed by atoms with Gasteiger partial charge in [-0.2, -0.15) is 4.98 Å². The molecule has 1 aromatic heterocycles. The van der Waals surface area contributed by atoms with Gasteiger partial charge in [0.05, 0.1) is 11.5 Å². The van der Waals surface area contributed by atoms with Crippen LogP contribution in [0.3, 0.4) is 0 Å². The summed E-state index contributed by atoms with van der Waals surface area (Å²) in [6, 6.07) is 5.80. The van der Waals surface area contributed by atoms with Gasteiger partial charge in [0.1, 0.15) is 6.04 Å². The van der Waals surface area contributed by atoms with Crippen LogP contribution in [0.25, 0.3) is 0 Å². The van der Waals surface area contributed by atoms with Crippen LogP contribution >= 0.6 is 0 Å². The second-order valence-electron chi connectivity index (χ2n) is 6.60. The van der Waals surface area contributed by atoms with Crippen molar-refractivity contribution in [2.75, 3.05) is 26.5 Å². The number of nitrogens with zero attached hydrogens (tertiary/aromatic N) is 3. The topological polar surface area (TPSA) is 103 Å². The van der Waals surface area contributed by atoms with Crippen LogP contribution in [0.5, 0.6) is 0 Å². The molecule has 8 nitrogen and oxygen atoms in total. The monoisotopic (exact) mass is 393 g/mol. The first-order valence-corrected chi connectivity index (χ1v) is 10.7. The van der Waals surface area contributed by atoms with Gasteiger partial charge in [0.2, 0.25) is 5.89 Å². The summed E-state index contributed by atoms with van der Waals surface area (Å²) in [6.07, 6.45) is 4.22. The molecule has 1 atom stereocenters. The van der Waals surface area contributed by atoms with E-state index < -0.39 is 9.84 Å². The molecule has 27 heavy (non-hydrogen) atoms. The molecule has 0 saturated carbocycles. The van der Waals surface area contributed by atoms with E-state index in [0.717, 1.165) is 25.5 Å². The van der Waals surface area contributed by atoms with Gasteiger partial charge in [-0.3, -0.25) is 4.79 Å². The summed E-state index contributed by atoms with van der Waals surface area (Å²) in [5.41, 5.74) is 0.337. The third kappa shape index (κ3) is 4.54. The van der Waals surface area contributed by atoms with Crippen molar-refractivity contribution >= 4 is 15.7 Å². The van der Waals surface area contributed by atoms with E-state index in [4.69, 9.17) is 9.26 Å². The van der Waals surface area contributed by atoms with Crippen LogP contribution in [0, 0.1) is 0 Å². The molecule has 3 rings (SSSR count). The van der Waals surface area contributed by atoms with Gasteiger partial charge in [-0.1, -0.05) is 11.2 Å². The van der Waals surface area contributed by atoms with E-state index in [1.54, 1.807) is 24.1 Å². The lowest BCUT2D eigenvalue weighted by molar-refractivity contribution is 0.0561. The Hall–Kier alpha value is -2.26. The van der Waals surface area contributed by atoms with Crippen molar-refractivity contribution in [1.29, 1.82) is 0 Å². The zero-order valence-corrected chi connectivity index (χ0v) is 16.2. The fraction of sp³-hybridized carbons (Fsp3) is 0.500. The third-order valence-electron chi connectivity index (χ3n) is 4.57. The van der Waals surface area contributed by atoms with Crippen molar-refractivity contribution < 1.29 is 22.5 Å². The maximum absolute atomic E-state index is 13.1. The van der Waals surface area contributed by atoms with Crippen molar-refractivity contribution in [2.45, 2.75) is 36.6 Å². The molecule has 1 fully saturated rings. The number of hydrogen-bond donors (Lipinski definition) is 0. The van der Waals surface area contributed by atoms with Crippen LogP contribution in [0.2, 0.25) is 0 Å². The Bertz CT molecular complexity index is 909. The highest BCUT2D eigenvalue weighted by Crippen LogP contribution is 2.31. The Morgan fingerprint density at radius 1 is 1.37 bits per heavy atom. The molecular weight excluding hydrogens is 370 g/mol. The van der Waals surface area contributed by atoms with E-state index in [0.29, 0.717) is 36.9 Å². The van der Waals surface area contributed by atoms with E-state index in [2.05, 4.69) is 10.1 Å². The van der Waals surface area contributed by atoms with Gasteiger partial charge in [0.25, 0.3) is 5.91 Å². The largest absolute Gasteiger partial charge is 0.384 e. The number of carbonyl (C=O) groups excluding carboxylic acids is 1. The van der Waals surface area contributed by atoms with Gasteiger partial charge >= 0.3 is 0 Å². The molecule has 1 aliphatic rings. The molecule has 1 unspecified atom stereocenters. The van der Waals surface area contributed by atoms with Crippen LogP contribution < -0.4 is 0 Å². The minimum absolute atomic E-state index is 0.126. The molecule has 146 valence electrons. The molecule has 0 aliphatic carbocycles. The molecule has 0 bridgehead atoms. The number of rotatable bonds is 6. The molecule has 2 aromatic rings. The quantitative estimate of drug-likeness (QED) is 0.740. The highest BCUT2D eigenvalue weighted by Gasteiger charge is 2.33. The first-order valence-electron chi connectivity index (χ1n) is 8.82. The summed E-state index contributed by atoms with van der Waals surface area (Å²) in [5.74, 6) is 0.721. The molecule has 1 aromatic carbocycles. The lowest BCUT2D eigenvalue weighted by atomic mass is 10.0. The predicted octanol–water partition coefficient (Wildman–Crippen LogP) is 2.03. The van der Waals surface area contributed by atoms with E-state index in [-0.39, 0.29) is 16.8 Å². The van der Waals surface area contributed by atoms with E-state index in [9.17, 15) is 13.2 Å². The van der Waals surface area contributed by atoms with Crippen molar-refractivity contribution in [3.63, 3.8) is 0 Å². The zero-order chi connectivity index (χ0) is 19.4. The Balaban J connectivity index is 1.85. The number of likely N-dealkylation sites (tertiary alicyclic amines) is 1. The van der Waals surface area contributed by atoms with Gasteiger partial charge in [0.15, 0.2) is 15.7 Å². The summed E-state index contributed by atoms with van der Waals surface area (Å²) >= 11 is 0. The van der Waals surface area contributed by atoms with Crippen LogP contribution in [0.1, 0.15) is 47.4 Å². The normalized spacial score (nSPS) is 17.9. The van der Waals surface area contributed by atoms with Gasteiger partial charge in [-0.25, -0.2) is 8.42 Å². The van der Waals surface area contributed by atoms with E-state index in [1.807, 2.05) is 0 Å². The maximum Gasteiger partial charge on any atom is 0.254 e. The van der Waals surface area contributed by atoms with Gasteiger partial charge in [-0.05, 0) is 37.5 Å². The number of piperidine rings is 1. The zero-order valence-electron chi connectivity index (χ0n) is 15.4. The molecule has 0 N–H and O–H groups in total. The highest BCUT2D eigenvalue weighted by molar-refractivity contribution is 7.90. The number of sulfone groups is 1. The van der Waals surface area contributed by atoms with Gasteiger partial charge in [0, 0.05) is 31.9 Å². The fourth-order valence-corrected chi connectivity index (χ4v) is 3.82. The van der Waals surface area contributed by atoms with Gasteiger partial charge in [-0.15, -0.1) is 0 Å². The van der Waals surface area contributed by atoms with Crippen molar-refractivity contribution in [3.8, 4) is 0 Å². The van der Waals surface area contributed by atoms with Crippen molar-refractivity contribution in [2.24, 2.45) is 0 Å². The Morgan fingerprint density at radius 2 is 2.19 bits per heavy atom. The minimum Gasteiger partial charge on any atom is -0.384 e. The lowest BCUT2D eigenvalue weighted by Gasteiger charge is -2.33. The van der Waals surface area contributed by atoms with Gasteiger partial charge < -0.3 is 14.2 Å². The Morgan fingerprint density at radius 3 is 2.93 bits per heavy atom. The number of aromatic nitrogens is 2. The third-order valence-corrected chi connectivity index (χ3v) is 5.68. The minimum atomic E-state index is -3.38. The fourth-order valence-electron chi connectivity index (χ4n) is 3.15. The number of carbonyl (C=O) groups is 1. The van der Waals surface area contributed by atoms with E-state index >= 15 is 0 Å². The molecule has 9 heteroatoms. The molecule has 0 radical (unpaired) electrons. The Kier molecular flexibility index (Phi) is 5.91. The number of hydrogen-bond acceptors (Lipinski definition) is 7. The second-order valence-corrected chi connectivity index (χ2v) is 8.62. The summed E-state index contributed by atoms with van der Waals surface area (Å²) in [7, 11) is -1.78. The summed E-state index contributed by atoms with van der Waals surface area (Å²) < 4.78 is 34.0. The van der Waals surface area contributed by atoms with Crippen LogP contribution in [0.15, 0.2) is 33.7 Å². The standard InChI is InChI=1S/C18H23N3O5S/c1-25-11-9-16-19-17(26-20-16)15-8-3-4-10-21(15)18(22)13-6-5-7-14(12-13)27(2,23)24/h5-7,12,15H,3-4,8-11H2,1-2H3. The Labute approximate surface area is 158 Å². The molecule has 1 aliphatic heterocycles. The number of benzene rings is 1. The van der Waals surface area contributed by atoms with Crippen molar-refractivity contribution in [1.82, 2.24) is 15.0 Å². The molecule has 1 amide bonds. The highest BCUT2D eigenvalue weighted by atomic mass is 32.2. The first-order chi connectivity index (χ1) is 12.9. The summed E-state index contributed by atoms with van der Waals surface area (Å²) in [4.78, 5) is 19.3. The summed E-state index contributed by atoms with van der Waals surface area (Å²) in [5, 5.41) is 3.96. The number of amides is 1. The second kappa shape index (κ2) is 8.18. The average Bonchev–Trinajstić information content (AvgIpc) is 3.14. The molecule has 1 saturated heterocycles. The van der Waals surface area contributed by atoms with Crippen LogP contribution in [0.4, 0.5) is 0 Å².